The van der Waals surface area contributed by atoms with Crippen LogP contribution in [-0.2, 0) is 18.4 Å². The molecule has 0 bridgehead atoms. The summed E-state index contributed by atoms with van der Waals surface area (Å²) in [5.41, 5.74) is 2.32. The third kappa shape index (κ3) is 3.75. The van der Waals surface area contributed by atoms with Crippen molar-refractivity contribution in [1.82, 2.24) is 19.3 Å². The van der Waals surface area contributed by atoms with Crippen molar-refractivity contribution in [3.05, 3.63) is 60.5 Å². The molecule has 4 rings (SSSR count). The molecule has 1 amide bonds. The average molecular weight is 409 g/mol. The molecular formula is C21H20FN5OS. The normalized spacial score (nSPS) is 11.1. The third-order valence-electron chi connectivity index (χ3n) is 4.69. The molecule has 2 heterocycles. The van der Waals surface area contributed by atoms with E-state index in [1.54, 1.807) is 12.1 Å². The highest BCUT2D eigenvalue weighted by Gasteiger charge is 2.17. The lowest BCUT2D eigenvalue weighted by Crippen LogP contribution is -2.15. The van der Waals surface area contributed by atoms with E-state index in [2.05, 4.69) is 45.3 Å². The van der Waals surface area contributed by atoms with Crippen molar-refractivity contribution in [2.75, 3.05) is 11.1 Å². The summed E-state index contributed by atoms with van der Waals surface area (Å²) < 4.78 is 17.7. The Balaban J connectivity index is 1.52. The number of carbonyl (C=O) groups is 1. The third-order valence-corrected chi connectivity index (χ3v) is 5.71. The van der Waals surface area contributed by atoms with E-state index < -0.39 is 5.82 Å². The first-order chi connectivity index (χ1) is 14.1. The topological polar surface area (TPSA) is 64.7 Å². The van der Waals surface area contributed by atoms with Crippen LogP contribution in [0.1, 0.15) is 6.92 Å². The second kappa shape index (κ2) is 8.08. The number of nitrogens with one attached hydrogen (secondary N) is 1. The molecule has 0 saturated heterocycles. The molecule has 0 fully saturated rings. The number of fused-ring (bicyclic) bond motifs is 1. The van der Waals surface area contributed by atoms with Crippen LogP contribution in [0.25, 0.3) is 22.3 Å². The van der Waals surface area contributed by atoms with E-state index in [0.29, 0.717) is 5.16 Å². The molecule has 148 valence electrons. The lowest BCUT2D eigenvalue weighted by molar-refractivity contribution is -0.113. The van der Waals surface area contributed by atoms with Gasteiger partial charge in [0.1, 0.15) is 5.82 Å². The highest BCUT2D eigenvalue weighted by molar-refractivity contribution is 7.99. The van der Waals surface area contributed by atoms with Crippen LogP contribution in [0, 0.1) is 5.82 Å². The van der Waals surface area contributed by atoms with E-state index in [1.165, 1.54) is 23.9 Å². The summed E-state index contributed by atoms with van der Waals surface area (Å²) in [5, 5.41) is 12.9. The summed E-state index contributed by atoms with van der Waals surface area (Å²) in [6, 6.07) is 14.3. The second-order valence-electron chi connectivity index (χ2n) is 6.53. The molecular weight excluding hydrogens is 389 g/mol. The first kappa shape index (κ1) is 19.2. The van der Waals surface area contributed by atoms with Gasteiger partial charge in [-0.25, -0.2) is 4.39 Å². The van der Waals surface area contributed by atoms with Crippen molar-refractivity contribution in [2.24, 2.45) is 7.05 Å². The predicted octanol–water partition coefficient (Wildman–Crippen LogP) is 4.33. The van der Waals surface area contributed by atoms with Crippen LogP contribution in [0.3, 0.4) is 0 Å². The van der Waals surface area contributed by atoms with Gasteiger partial charge in [0, 0.05) is 36.3 Å². The Morgan fingerprint density at radius 1 is 1.14 bits per heavy atom. The molecule has 0 radical (unpaired) electrons. The zero-order valence-electron chi connectivity index (χ0n) is 16.1. The maximum atomic E-state index is 13.7. The first-order valence-electron chi connectivity index (χ1n) is 9.23. The zero-order valence-corrected chi connectivity index (χ0v) is 16.9. The van der Waals surface area contributed by atoms with Gasteiger partial charge in [0.05, 0.1) is 11.4 Å². The molecule has 29 heavy (non-hydrogen) atoms. The number of halogens is 1. The number of benzene rings is 2. The van der Waals surface area contributed by atoms with Gasteiger partial charge in [-0.1, -0.05) is 42.1 Å². The van der Waals surface area contributed by atoms with Crippen molar-refractivity contribution in [3.8, 4) is 11.4 Å². The second-order valence-corrected chi connectivity index (χ2v) is 7.47. The maximum absolute atomic E-state index is 13.7. The van der Waals surface area contributed by atoms with Gasteiger partial charge in [0.25, 0.3) is 0 Å². The smallest absolute Gasteiger partial charge is 0.234 e. The molecule has 0 aliphatic carbocycles. The molecule has 0 spiro atoms. The van der Waals surface area contributed by atoms with E-state index in [0.717, 1.165) is 28.8 Å². The van der Waals surface area contributed by atoms with Gasteiger partial charge in [-0.15, -0.1) is 10.2 Å². The van der Waals surface area contributed by atoms with E-state index in [1.807, 2.05) is 23.7 Å². The Bertz CT molecular complexity index is 1180. The summed E-state index contributed by atoms with van der Waals surface area (Å²) in [5.74, 6) is 0.0913. The van der Waals surface area contributed by atoms with Gasteiger partial charge in [-0.2, -0.15) is 0 Å². The van der Waals surface area contributed by atoms with E-state index in [-0.39, 0.29) is 17.3 Å². The molecule has 8 heteroatoms. The van der Waals surface area contributed by atoms with Gasteiger partial charge >= 0.3 is 0 Å². The molecule has 0 aliphatic rings. The number of carbonyl (C=O) groups excluding carboxylic acids is 1. The Kier molecular flexibility index (Phi) is 5.35. The van der Waals surface area contributed by atoms with Crippen LogP contribution >= 0.6 is 11.8 Å². The summed E-state index contributed by atoms with van der Waals surface area (Å²) in [4.78, 5) is 12.2. The minimum Gasteiger partial charge on any atom is -0.347 e. The quantitative estimate of drug-likeness (QED) is 0.482. The fraction of sp³-hybridized carbons (Fsp3) is 0.190. The van der Waals surface area contributed by atoms with Crippen molar-refractivity contribution < 1.29 is 9.18 Å². The average Bonchev–Trinajstić information content (AvgIpc) is 3.28. The number of thioether (sulfide) groups is 1. The summed E-state index contributed by atoms with van der Waals surface area (Å²) in [6.07, 6.45) is 2.08. The maximum Gasteiger partial charge on any atom is 0.234 e. The van der Waals surface area contributed by atoms with E-state index in [4.69, 9.17) is 0 Å². The number of hydrogen-bond donors (Lipinski definition) is 1. The Labute approximate surface area is 171 Å². The van der Waals surface area contributed by atoms with Gasteiger partial charge in [0.2, 0.25) is 5.91 Å². The van der Waals surface area contributed by atoms with E-state index >= 15 is 0 Å². The number of para-hydroxylation sites is 2. The fourth-order valence-corrected chi connectivity index (χ4v) is 3.95. The monoisotopic (exact) mass is 409 g/mol. The number of hydrogen-bond acceptors (Lipinski definition) is 4. The van der Waals surface area contributed by atoms with Crippen molar-refractivity contribution in [1.29, 1.82) is 0 Å². The van der Waals surface area contributed by atoms with E-state index in [9.17, 15) is 9.18 Å². The van der Waals surface area contributed by atoms with Crippen LogP contribution in [-0.4, -0.2) is 31.0 Å². The number of amides is 1. The molecule has 6 nitrogen and oxygen atoms in total. The Hall–Kier alpha value is -3.13. The minimum absolute atomic E-state index is 0.108. The number of aryl methyl sites for hydroxylation is 1. The van der Waals surface area contributed by atoms with Crippen LogP contribution in [0.4, 0.5) is 10.1 Å². The lowest BCUT2D eigenvalue weighted by Gasteiger charge is -2.06. The first-order valence-corrected chi connectivity index (χ1v) is 10.2. The molecule has 2 aromatic carbocycles. The Morgan fingerprint density at radius 3 is 2.69 bits per heavy atom. The fourth-order valence-electron chi connectivity index (χ4n) is 3.24. The lowest BCUT2D eigenvalue weighted by atomic mass is 10.1. The number of nitrogens with zero attached hydrogens (tertiary/aromatic N) is 4. The number of rotatable bonds is 6. The highest BCUT2D eigenvalue weighted by Crippen LogP contribution is 2.31. The number of aromatic nitrogens is 4. The van der Waals surface area contributed by atoms with Crippen LogP contribution < -0.4 is 5.32 Å². The predicted molar refractivity (Wildman–Crippen MR) is 113 cm³/mol. The molecule has 4 aromatic rings. The van der Waals surface area contributed by atoms with Gasteiger partial charge in [-0.3, -0.25) is 4.79 Å². The van der Waals surface area contributed by atoms with Crippen LogP contribution in [0.5, 0.6) is 0 Å². The molecule has 1 N–H and O–H groups in total. The van der Waals surface area contributed by atoms with Crippen molar-refractivity contribution >= 4 is 34.3 Å². The molecule has 2 aromatic heterocycles. The highest BCUT2D eigenvalue weighted by atomic mass is 32.2. The van der Waals surface area contributed by atoms with Crippen LogP contribution in [0.2, 0.25) is 0 Å². The minimum atomic E-state index is -0.459. The molecule has 0 unspecified atom stereocenters. The van der Waals surface area contributed by atoms with Gasteiger partial charge in [-0.05, 0) is 25.1 Å². The zero-order chi connectivity index (χ0) is 20.4. The molecule has 0 atom stereocenters. The standard InChI is InChI=1S/C21H20FN5OS/c1-3-27-12-15(14-8-4-7-11-18(14)27)20-24-25-21(26(20)2)29-13-19(28)23-17-10-6-5-9-16(17)22/h4-12H,3,13H2,1-2H3,(H,23,28). The summed E-state index contributed by atoms with van der Waals surface area (Å²) in [6.45, 7) is 2.96. The van der Waals surface area contributed by atoms with Gasteiger partial charge in [0.15, 0.2) is 11.0 Å². The summed E-state index contributed by atoms with van der Waals surface area (Å²) >= 11 is 1.26. The van der Waals surface area contributed by atoms with Crippen LogP contribution in [0.15, 0.2) is 59.9 Å². The van der Waals surface area contributed by atoms with Crippen molar-refractivity contribution in [2.45, 2.75) is 18.6 Å². The van der Waals surface area contributed by atoms with Crippen molar-refractivity contribution in [3.63, 3.8) is 0 Å². The van der Waals surface area contributed by atoms with Gasteiger partial charge < -0.3 is 14.5 Å². The Morgan fingerprint density at radius 2 is 1.90 bits per heavy atom. The summed E-state index contributed by atoms with van der Waals surface area (Å²) in [7, 11) is 1.88. The molecule has 0 aliphatic heterocycles. The molecule has 0 saturated carbocycles. The largest absolute Gasteiger partial charge is 0.347 e. The SMILES string of the molecule is CCn1cc(-c2nnc(SCC(=O)Nc3ccccc3F)n2C)c2ccccc21. The number of anilines is 1.